The number of nitrogens with one attached hydrogen (secondary N) is 1. The Morgan fingerprint density at radius 3 is 2.83 bits per heavy atom. The molecule has 0 bridgehead atoms. The van der Waals surface area contributed by atoms with Crippen molar-refractivity contribution in [2.75, 3.05) is 13.1 Å². The van der Waals surface area contributed by atoms with E-state index in [1.165, 1.54) is 0 Å². The molecule has 126 valence electrons. The zero-order chi connectivity index (χ0) is 17.1. The monoisotopic (exact) mass is 326 g/mol. The topological polar surface area (TPSA) is 67.2 Å². The Hall–Kier alpha value is -2.63. The summed E-state index contributed by atoms with van der Waals surface area (Å²) in [6.07, 6.45) is 2.26. The number of carbonyl (C=O) groups excluding carboxylic acids is 2. The van der Waals surface area contributed by atoms with E-state index in [0.29, 0.717) is 19.5 Å². The van der Waals surface area contributed by atoms with E-state index in [1.807, 2.05) is 50.4 Å². The van der Waals surface area contributed by atoms with E-state index in [2.05, 4.69) is 10.4 Å². The van der Waals surface area contributed by atoms with Gasteiger partial charge in [0.2, 0.25) is 11.8 Å². The Bertz CT molecular complexity index is 739. The first kappa shape index (κ1) is 16.2. The maximum absolute atomic E-state index is 12.6. The van der Waals surface area contributed by atoms with Crippen molar-refractivity contribution in [1.29, 1.82) is 0 Å². The van der Waals surface area contributed by atoms with E-state index >= 15 is 0 Å². The van der Waals surface area contributed by atoms with Crippen LogP contribution < -0.4 is 5.32 Å². The Labute approximate surface area is 141 Å². The molecule has 1 aromatic carbocycles. The summed E-state index contributed by atoms with van der Waals surface area (Å²) >= 11 is 0. The molecule has 1 atom stereocenters. The molecule has 0 aliphatic carbocycles. The standard InChI is InChI=1S/C18H22N4O2/c1-13-10-17(23)19-8-9-22(13)18(24)12-21-11-16(14(2)20-21)15-6-4-3-5-7-15/h3-7,11,13H,8-10,12H2,1-2H3,(H,19,23). The molecule has 6 heteroatoms. The lowest BCUT2D eigenvalue weighted by atomic mass is 10.1. The van der Waals surface area contributed by atoms with Gasteiger partial charge in [0.05, 0.1) is 5.69 Å². The summed E-state index contributed by atoms with van der Waals surface area (Å²) in [4.78, 5) is 25.9. The van der Waals surface area contributed by atoms with Crippen molar-refractivity contribution in [3.63, 3.8) is 0 Å². The van der Waals surface area contributed by atoms with E-state index in [-0.39, 0.29) is 24.4 Å². The molecule has 2 aromatic rings. The molecule has 24 heavy (non-hydrogen) atoms. The molecule has 1 aliphatic heterocycles. The first-order chi connectivity index (χ1) is 11.5. The second-order valence-corrected chi connectivity index (χ2v) is 6.18. The van der Waals surface area contributed by atoms with Crippen LogP contribution in [0.15, 0.2) is 36.5 Å². The number of aryl methyl sites for hydroxylation is 1. The lowest BCUT2D eigenvalue weighted by Gasteiger charge is -2.26. The number of nitrogens with zero attached hydrogens (tertiary/aromatic N) is 3. The fourth-order valence-corrected chi connectivity index (χ4v) is 3.09. The molecule has 6 nitrogen and oxygen atoms in total. The number of hydrogen-bond donors (Lipinski definition) is 1. The lowest BCUT2D eigenvalue weighted by molar-refractivity contribution is -0.134. The molecule has 1 saturated heterocycles. The van der Waals surface area contributed by atoms with Crippen LogP contribution in [0.4, 0.5) is 0 Å². The van der Waals surface area contributed by atoms with Gasteiger partial charge in [-0.25, -0.2) is 0 Å². The molecule has 1 N–H and O–H groups in total. The minimum absolute atomic E-state index is 0.000836. The third kappa shape index (κ3) is 3.48. The second kappa shape index (κ2) is 6.86. The molecular weight excluding hydrogens is 304 g/mol. The highest BCUT2D eigenvalue weighted by Gasteiger charge is 2.25. The van der Waals surface area contributed by atoms with E-state index in [0.717, 1.165) is 16.8 Å². The molecular formula is C18H22N4O2. The van der Waals surface area contributed by atoms with Crippen LogP contribution in [0.3, 0.4) is 0 Å². The van der Waals surface area contributed by atoms with Crippen molar-refractivity contribution in [1.82, 2.24) is 20.0 Å². The molecule has 2 heterocycles. The molecule has 1 fully saturated rings. The Morgan fingerprint density at radius 2 is 2.08 bits per heavy atom. The number of carbonyl (C=O) groups is 2. The Balaban J connectivity index is 1.74. The van der Waals surface area contributed by atoms with Crippen LogP contribution in [0.1, 0.15) is 19.0 Å². The number of rotatable bonds is 3. The molecule has 0 radical (unpaired) electrons. The summed E-state index contributed by atoms with van der Waals surface area (Å²) in [6, 6.07) is 9.92. The quantitative estimate of drug-likeness (QED) is 0.931. The van der Waals surface area contributed by atoms with Crippen molar-refractivity contribution >= 4 is 11.8 Å². The smallest absolute Gasteiger partial charge is 0.244 e. The van der Waals surface area contributed by atoms with Gasteiger partial charge in [0.25, 0.3) is 0 Å². The first-order valence-electron chi connectivity index (χ1n) is 8.20. The maximum atomic E-state index is 12.6. The van der Waals surface area contributed by atoms with Gasteiger partial charge in [0, 0.05) is 37.3 Å². The van der Waals surface area contributed by atoms with Crippen LogP contribution in [-0.4, -0.2) is 45.6 Å². The zero-order valence-corrected chi connectivity index (χ0v) is 14.0. The predicted octanol–water partition coefficient (Wildman–Crippen LogP) is 1.60. The summed E-state index contributed by atoms with van der Waals surface area (Å²) in [5.41, 5.74) is 3.02. The maximum Gasteiger partial charge on any atom is 0.244 e. The van der Waals surface area contributed by atoms with Crippen molar-refractivity contribution in [3.05, 3.63) is 42.2 Å². The minimum Gasteiger partial charge on any atom is -0.354 e. The van der Waals surface area contributed by atoms with Crippen molar-refractivity contribution in [2.24, 2.45) is 0 Å². The SMILES string of the molecule is Cc1nn(CC(=O)N2CCNC(=O)CC2C)cc1-c1ccccc1. The molecule has 2 amide bonds. The van der Waals surface area contributed by atoms with Gasteiger partial charge in [0.1, 0.15) is 6.54 Å². The number of aromatic nitrogens is 2. The number of benzene rings is 1. The summed E-state index contributed by atoms with van der Waals surface area (Å²) in [5.74, 6) is -0.0137. The van der Waals surface area contributed by atoms with E-state index in [9.17, 15) is 9.59 Å². The lowest BCUT2D eigenvalue weighted by Crippen LogP contribution is -2.41. The molecule has 0 saturated carbocycles. The van der Waals surface area contributed by atoms with Gasteiger partial charge in [-0.05, 0) is 19.4 Å². The zero-order valence-electron chi connectivity index (χ0n) is 14.0. The first-order valence-corrected chi connectivity index (χ1v) is 8.20. The highest BCUT2D eigenvalue weighted by molar-refractivity contribution is 5.80. The van der Waals surface area contributed by atoms with Crippen molar-refractivity contribution < 1.29 is 9.59 Å². The third-order valence-corrected chi connectivity index (χ3v) is 4.34. The summed E-state index contributed by atoms with van der Waals surface area (Å²) in [5, 5.41) is 7.27. The van der Waals surface area contributed by atoms with Crippen LogP contribution in [0.5, 0.6) is 0 Å². The van der Waals surface area contributed by atoms with E-state index < -0.39 is 0 Å². The fourth-order valence-electron chi connectivity index (χ4n) is 3.09. The van der Waals surface area contributed by atoms with Crippen molar-refractivity contribution in [2.45, 2.75) is 32.9 Å². The molecule has 1 aliphatic rings. The van der Waals surface area contributed by atoms with Gasteiger partial charge in [-0.1, -0.05) is 30.3 Å². The number of amides is 2. The van der Waals surface area contributed by atoms with Gasteiger partial charge < -0.3 is 10.2 Å². The second-order valence-electron chi connectivity index (χ2n) is 6.18. The minimum atomic E-state index is -0.0924. The van der Waals surface area contributed by atoms with E-state index in [1.54, 1.807) is 9.58 Å². The average Bonchev–Trinajstić information content (AvgIpc) is 2.82. The van der Waals surface area contributed by atoms with Crippen LogP contribution in [-0.2, 0) is 16.1 Å². The molecule has 3 rings (SSSR count). The highest BCUT2D eigenvalue weighted by atomic mass is 16.2. The third-order valence-electron chi connectivity index (χ3n) is 4.34. The van der Waals surface area contributed by atoms with Crippen molar-refractivity contribution in [3.8, 4) is 11.1 Å². The average molecular weight is 326 g/mol. The van der Waals surface area contributed by atoms with Gasteiger partial charge in [-0.2, -0.15) is 5.10 Å². The van der Waals surface area contributed by atoms with Gasteiger partial charge in [-0.15, -0.1) is 0 Å². The summed E-state index contributed by atoms with van der Waals surface area (Å²) < 4.78 is 1.69. The Kier molecular flexibility index (Phi) is 4.64. The molecule has 1 aromatic heterocycles. The Morgan fingerprint density at radius 1 is 1.33 bits per heavy atom. The van der Waals surface area contributed by atoms with Crippen LogP contribution in [0, 0.1) is 6.92 Å². The van der Waals surface area contributed by atoms with Crippen LogP contribution >= 0.6 is 0 Å². The van der Waals surface area contributed by atoms with Crippen LogP contribution in [0.2, 0.25) is 0 Å². The highest BCUT2D eigenvalue weighted by Crippen LogP contribution is 2.22. The van der Waals surface area contributed by atoms with Gasteiger partial charge >= 0.3 is 0 Å². The van der Waals surface area contributed by atoms with Crippen LogP contribution in [0.25, 0.3) is 11.1 Å². The number of hydrogen-bond acceptors (Lipinski definition) is 3. The summed E-state index contributed by atoms with van der Waals surface area (Å²) in [7, 11) is 0. The largest absolute Gasteiger partial charge is 0.354 e. The van der Waals surface area contributed by atoms with Gasteiger partial charge in [-0.3, -0.25) is 14.3 Å². The van der Waals surface area contributed by atoms with Gasteiger partial charge in [0.15, 0.2) is 0 Å². The molecule has 1 unspecified atom stereocenters. The molecule has 0 spiro atoms. The normalized spacial score (nSPS) is 18.2. The predicted molar refractivity (Wildman–Crippen MR) is 91.2 cm³/mol. The summed E-state index contributed by atoms with van der Waals surface area (Å²) in [6.45, 7) is 5.08. The van der Waals surface area contributed by atoms with E-state index in [4.69, 9.17) is 0 Å². The fraction of sp³-hybridized carbons (Fsp3) is 0.389.